The normalized spacial score (nSPS) is 15.9. The van der Waals surface area contributed by atoms with Crippen LogP contribution in [0, 0.1) is 13.8 Å². The van der Waals surface area contributed by atoms with E-state index in [1.165, 1.54) is 0 Å². The Morgan fingerprint density at radius 2 is 1.91 bits per heavy atom. The number of hydrogen-bond acceptors (Lipinski definition) is 4. The zero-order valence-electron chi connectivity index (χ0n) is 14.2. The van der Waals surface area contributed by atoms with Gasteiger partial charge in [-0.25, -0.2) is 15.0 Å². The van der Waals surface area contributed by atoms with Crippen molar-refractivity contribution in [3.05, 3.63) is 29.6 Å². The van der Waals surface area contributed by atoms with E-state index in [9.17, 15) is 4.79 Å². The van der Waals surface area contributed by atoms with Gasteiger partial charge in [-0.2, -0.15) is 0 Å². The Morgan fingerprint density at radius 1 is 1.22 bits per heavy atom. The fraction of sp³-hybridized carbons (Fsp3) is 0.529. The second kappa shape index (κ2) is 6.10. The second-order valence-electron chi connectivity index (χ2n) is 6.26. The molecule has 1 aliphatic heterocycles. The number of carbonyl (C=O) groups is 1. The van der Waals surface area contributed by atoms with Gasteiger partial charge in [0.25, 0.3) is 0 Å². The molecule has 1 saturated heterocycles. The van der Waals surface area contributed by atoms with Crippen LogP contribution >= 0.6 is 0 Å². The van der Waals surface area contributed by atoms with Crippen molar-refractivity contribution in [1.82, 2.24) is 24.4 Å². The van der Waals surface area contributed by atoms with Gasteiger partial charge in [0.15, 0.2) is 0 Å². The minimum atomic E-state index is 0.161. The van der Waals surface area contributed by atoms with E-state index in [4.69, 9.17) is 0 Å². The molecule has 6 nitrogen and oxygen atoms in total. The van der Waals surface area contributed by atoms with E-state index in [-0.39, 0.29) is 5.91 Å². The standard InChI is InChI=1S/C17H23N5O/c1-11-19-15(14-5-7-22(8-6-14)13(3)23)9-16(20-11)17-10-18-12(2)21(17)4/h9-10,14H,5-8H2,1-4H3. The maximum atomic E-state index is 11.5. The largest absolute Gasteiger partial charge is 0.343 e. The van der Waals surface area contributed by atoms with Crippen LogP contribution in [0.1, 0.15) is 43.0 Å². The van der Waals surface area contributed by atoms with Crippen molar-refractivity contribution < 1.29 is 4.79 Å². The van der Waals surface area contributed by atoms with Crippen molar-refractivity contribution in [2.24, 2.45) is 7.05 Å². The fourth-order valence-corrected chi connectivity index (χ4v) is 3.16. The lowest BCUT2D eigenvalue weighted by atomic mass is 9.92. The minimum Gasteiger partial charge on any atom is -0.343 e. The Balaban J connectivity index is 1.87. The SMILES string of the molecule is CC(=O)N1CCC(c2cc(-c3cnc(C)n3C)nc(C)n2)CC1. The molecule has 0 spiro atoms. The summed E-state index contributed by atoms with van der Waals surface area (Å²) >= 11 is 0. The molecule has 0 saturated carbocycles. The number of hydrogen-bond donors (Lipinski definition) is 0. The molecular formula is C17H23N5O. The molecule has 1 amide bonds. The number of aromatic nitrogens is 4. The lowest BCUT2D eigenvalue weighted by molar-refractivity contribution is -0.129. The van der Waals surface area contributed by atoms with Gasteiger partial charge >= 0.3 is 0 Å². The monoisotopic (exact) mass is 313 g/mol. The van der Waals surface area contributed by atoms with E-state index >= 15 is 0 Å². The van der Waals surface area contributed by atoms with Crippen LogP contribution in [0.25, 0.3) is 11.4 Å². The van der Waals surface area contributed by atoms with Crippen molar-refractivity contribution in [1.29, 1.82) is 0 Å². The first kappa shape index (κ1) is 15.6. The summed E-state index contributed by atoms with van der Waals surface area (Å²) in [6, 6.07) is 2.08. The van der Waals surface area contributed by atoms with Crippen LogP contribution in [0.2, 0.25) is 0 Å². The van der Waals surface area contributed by atoms with Crippen molar-refractivity contribution in [3.63, 3.8) is 0 Å². The molecule has 3 heterocycles. The van der Waals surface area contributed by atoms with Gasteiger partial charge in [0.05, 0.1) is 17.6 Å². The summed E-state index contributed by atoms with van der Waals surface area (Å²) in [5, 5.41) is 0. The Labute approximate surface area is 136 Å². The molecule has 0 radical (unpaired) electrons. The number of likely N-dealkylation sites (tertiary alicyclic amines) is 1. The van der Waals surface area contributed by atoms with E-state index in [1.54, 1.807) is 6.92 Å². The lowest BCUT2D eigenvalue weighted by Gasteiger charge is -2.31. The van der Waals surface area contributed by atoms with E-state index < -0.39 is 0 Å². The molecule has 0 aromatic carbocycles. The van der Waals surface area contributed by atoms with E-state index in [0.29, 0.717) is 5.92 Å². The molecule has 1 aliphatic rings. The van der Waals surface area contributed by atoms with Gasteiger partial charge in [0, 0.05) is 38.7 Å². The molecule has 122 valence electrons. The molecule has 1 fully saturated rings. The van der Waals surface area contributed by atoms with Gasteiger partial charge in [-0.1, -0.05) is 0 Å². The highest BCUT2D eigenvalue weighted by Gasteiger charge is 2.24. The average molecular weight is 313 g/mol. The van der Waals surface area contributed by atoms with Gasteiger partial charge in [-0.05, 0) is 32.8 Å². The molecule has 23 heavy (non-hydrogen) atoms. The van der Waals surface area contributed by atoms with Crippen LogP contribution in [-0.2, 0) is 11.8 Å². The zero-order chi connectivity index (χ0) is 16.6. The molecule has 6 heteroatoms. The van der Waals surface area contributed by atoms with Crippen molar-refractivity contribution in [2.75, 3.05) is 13.1 Å². The molecule has 2 aromatic heterocycles. The number of amides is 1. The number of piperidine rings is 1. The molecular weight excluding hydrogens is 290 g/mol. The Hall–Kier alpha value is -2.24. The first-order chi connectivity index (χ1) is 11.0. The van der Waals surface area contributed by atoms with Crippen LogP contribution in [-0.4, -0.2) is 43.4 Å². The third-order valence-corrected chi connectivity index (χ3v) is 4.70. The maximum absolute atomic E-state index is 11.5. The highest BCUT2D eigenvalue weighted by molar-refractivity contribution is 5.73. The molecule has 0 aliphatic carbocycles. The van der Waals surface area contributed by atoms with Crippen molar-refractivity contribution in [2.45, 2.75) is 39.5 Å². The van der Waals surface area contributed by atoms with Crippen LogP contribution in [0.4, 0.5) is 0 Å². The smallest absolute Gasteiger partial charge is 0.219 e. The summed E-state index contributed by atoms with van der Waals surface area (Å²) in [6.45, 7) is 7.17. The summed E-state index contributed by atoms with van der Waals surface area (Å²) in [7, 11) is 2.00. The summed E-state index contributed by atoms with van der Waals surface area (Å²) in [4.78, 5) is 27.0. The predicted molar refractivity (Wildman–Crippen MR) is 87.9 cm³/mol. The molecule has 0 atom stereocenters. The number of nitrogens with zero attached hydrogens (tertiary/aromatic N) is 5. The number of aryl methyl sites for hydroxylation is 2. The Morgan fingerprint density at radius 3 is 2.48 bits per heavy atom. The third kappa shape index (κ3) is 3.11. The first-order valence-corrected chi connectivity index (χ1v) is 8.05. The first-order valence-electron chi connectivity index (χ1n) is 8.05. The van der Waals surface area contributed by atoms with Crippen LogP contribution in [0.3, 0.4) is 0 Å². The summed E-state index contributed by atoms with van der Waals surface area (Å²) < 4.78 is 2.05. The summed E-state index contributed by atoms with van der Waals surface area (Å²) in [5.41, 5.74) is 3.01. The topological polar surface area (TPSA) is 63.9 Å². The van der Waals surface area contributed by atoms with Gasteiger partial charge in [-0.3, -0.25) is 4.79 Å². The zero-order valence-corrected chi connectivity index (χ0v) is 14.2. The summed E-state index contributed by atoms with van der Waals surface area (Å²) in [5.74, 6) is 2.30. The Kier molecular flexibility index (Phi) is 4.15. The van der Waals surface area contributed by atoms with E-state index in [2.05, 4.69) is 21.0 Å². The van der Waals surface area contributed by atoms with Crippen LogP contribution in [0.15, 0.2) is 12.3 Å². The average Bonchev–Trinajstić information content (AvgIpc) is 2.86. The van der Waals surface area contributed by atoms with Gasteiger partial charge in [-0.15, -0.1) is 0 Å². The van der Waals surface area contributed by atoms with E-state index in [1.807, 2.05) is 36.6 Å². The second-order valence-corrected chi connectivity index (χ2v) is 6.26. The lowest BCUT2D eigenvalue weighted by Crippen LogP contribution is -2.36. The molecule has 0 N–H and O–H groups in total. The van der Waals surface area contributed by atoms with Gasteiger partial charge in [0.2, 0.25) is 5.91 Å². The van der Waals surface area contributed by atoms with Gasteiger partial charge < -0.3 is 9.47 Å². The third-order valence-electron chi connectivity index (χ3n) is 4.70. The van der Waals surface area contributed by atoms with Crippen molar-refractivity contribution in [3.8, 4) is 11.4 Å². The van der Waals surface area contributed by atoms with Crippen LogP contribution in [0.5, 0.6) is 0 Å². The van der Waals surface area contributed by atoms with Crippen molar-refractivity contribution >= 4 is 5.91 Å². The minimum absolute atomic E-state index is 0.161. The highest BCUT2D eigenvalue weighted by atomic mass is 16.2. The fourth-order valence-electron chi connectivity index (χ4n) is 3.16. The molecule has 0 bridgehead atoms. The van der Waals surface area contributed by atoms with Gasteiger partial charge in [0.1, 0.15) is 11.6 Å². The predicted octanol–water partition coefficient (Wildman–Crippen LogP) is 2.22. The highest BCUT2D eigenvalue weighted by Crippen LogP contribution is 2.29. The maximum Gasteiger partial charge on any atom is 0.219 e. The molecule has 0 unspecified atom stereocenters. The number of carbonyl (C=O) groups excluding carboxylic acids is 1. The quantitative estimate of drug-likeness (QED) is 0.853. The Bertz CT molecular complexity index is 729. The van der Waals surface area contributed by atoms with E-state index in [0.717, 1.165) is 54.7 Å². The number of rotatable bonds is 2. The number of imidazole rings is 1. The van der Waals surface area contributed by atoms with Crippen LogP contribution < -0.4 is 0 Å². The summed E-state index contributed by atoms with van der Waals surface area (Å²) in [6.07, 6.45) is 3.78. The molecule has 3 rings (SSSR count). The molecule has 2 aromatic rings.